The molecule has 0 heterocycles. The smallest absolute Gasteiger partial charge is 0.411 e. The molecule has 35 heavy (non-hydrogen) atoms. The van der Waals surface area contributed by atoms with Crippen LogP contribution in [0.15, 0.2) is 72.8 Å². The van der Waals surface area contributed by atoms with E-state index in [1.54, 1.807) is 24.3 Å². The maximum absolute atomic E-state index is 12.8. The predicted molar refractivity (Wildman–Crippen MR) is 134 cm³/mol. The summed E-state index contributed by atoms with van der Waals surface area (Å²) in [6.07, 6.45) is 0.0542. The highest BCUT2D eigenvalue weighted by atomic mass is 16.5. The molecule has 0 aromatic heterocycles. The second kappa shape index (κ2) is 10.4. The van der Waals surface area contributed by atoms with E-state index in [9.17, 15) is 14.4 Å². The van der Waals surface area contributed by atoms with Crippen molar-refractivity contribution < 1.29 is 24.2 Å². The second-order valence-electron chi connectivity index (χ2n) is 8.61. The fourth-order valence-corrected chi connectivity index (χ4v) is 4.41. The number of fused-ring (bicyclic) bond motifs is 3. The zero-order valence-corrected chi connectivity index (χ0v) is 19.7. The highest BCUT2D eigenvalue weighted by molar-refractivity contribution is 5.96. The fraction of sp³-hybridized carbons (Fsp3) is 0.250. The summed E-state index contributed by atoms with van der Waals surface area (Å²) in [6, 6.07) is 22.4. The summed E-state index contributed by atoms with van der Waals surface area (Å²) in [5.41, 5.74) is 5.42. The number of carbonyl (C=O) groups excluding carboxylic acids is 2. The first-order chi connectivity index (χ1) is 16.9. The molecule has 1 aliphatic carbocycles. The van der Waals surface area contributed by atoms with Gasteiger partial charge in [-0.1, -0.05) is 55.5 Å². The molecule has 3 aromatic rings. The number of hydrogen-bond donors (Lipinski definition) is 2. The molecule has 0 saturated heterocycles. The van der Waals surface area contributed by atoms with E-state index in [1.807, 2.05) is 38.1 Å². The van der Waals surface area contributed by atoms with Crippen molar-refractivity contribution in [1.82, 2.24) is 4.90 Å². The van der Waals surface area contributed by atoms with E-state index < -0.39 is 12.1 Å². The Morgan fingerprint density at radius 2 is 1.51 bits per heavy atom. The molecule has 0 bridgehead atoms. The summed E-state index contributed by atoms with van der Waals surface area (Å²) in [7, 11) is 0. The Kier molecular flexibility index (Phi) is 7.15. The van der Waals surface area contributed by atoms with Crippen LogP contribution in [-0.2, 0) is 9.53 Å². The molecule has 0 aliphatic heterocycles. The van der Waals surface area contributed by atoms with Gasteiger partial charge in [-0.3, -0.25) is 14.9 Å². The first kappa shape index (κ1) is 24.0. The van der Waals surface area contributed by atoms with Crippen LogP contribution in [0.1, 0.15) is 47.7 Å². The molecule has 0 fully saturated rings. The Labute approximate surface area is 204 Å². The Morgan fingerprint density at radius 3 is 2.06 bits per heavy atom. The van der Waals surface area contributed by atoms with E-state index in [4.69, 9.17) is 9.84 Å². The maximum atomic E-state index is 12.8. The molecular weight excluding hydrogens is 444 g/mol. The number of ether oxygens (including phenoxy) is 1. The molecule has 1 unspecified atom stereocenters. The molecule has 2 amide bonds. The normalized spacial score (nSPS) is 12.9. The van der Waals surface area contributed by atoms with Gasteiger partial charge in [0.25, 0.3) is 5.91 Å². The summed E-state index contributed by atoms with van der Waals surface area (Å²) in [6.45, 7) is 3.55. The standard InChI is InChI=1S/C28H28N2O5/c1-3-18(2)30(16-26(31)32)27(33)19-12-14-20(15-13-19)29-28(34)35-17-25-23-10-6-4-8-21(23)22-9-5-7-11-24(22)25/h4-15,18,25H,3,16-17H2,1-2H3,(H,29,34)(H,31,32). The van der Waals surface area contributed by atoms with Crippen LogP contribution in [0.5, 0.6) is 0 Å². The van der Waals surface area contributed by atoms with Crippen LogP contribution >= 0.6 is 0 Å². The predicted octanol–water partition coefficient (Wildman–Crippen LogP) is 5.37. The molecule has 3 aromatic carbocycles. The molecule has 0 saturated carbocycles. The number of anilines is 1. The van der Waals surface area contributed by atoms with E-state index in [0.29, 0.717) is 17.7 Å². The van der Waals surface area contributed by atoms with Crippen molar-refractivity contribution in [3.63, 3.8) is 0 Å². The minimum Gasteiger partial charge on any atom is -0.480 e. The molecule has 0 spiro atoms. The molecule has 1 aliphatic rings. The molecule has 0 radical (unpaired) electrons. The summed E-state index contributed by atoms with van der Waals surface area (Å²) in [5.74, 6) is -1.46. The van der Waals surface area contributed by atoms with Gasteiger partial charge in [-0.05, 0) is 59.9 Å². The van der Waals surface area contributed by atoms with Gasteiger partial charge in [0.15, 0.2) is 0 Å². The first-order valence-electron chi connectivity index (χ1n) is 11.6. The quantitative estimate of drug-likeness (QED) is 0.459. The van der Waals surface area contributed by atoms with Crippen LogP contribution in [-0.4, -0.2) is 47.2 Å². The summed E-state index contributed by atoms with van der Waals surface area (Å²) < 4.78 is 5.56. The van der Waals surface area contributed by atoms with Crippen LogP contribution in [0.4, 0.5) is 10.5 Å². The number of nitrogens with zero attached hydrogens (tertiary/aromatic N) is 1. The van der Waals surface area contributed by atoms with Gasteiger partial charge in [-0.15, -0.1) is 0 Å². The van der Waals surface area contributed by atoms with Gasteiger partial charge in [-0.25, -0.2) is 4.79 Å². The number of carboxylic acids is 1. The number of carboxylic acid groups (broad SMARTS) is 1. The lowest BCUT2D eigenvalue weighted by atomic mass is 9.98. The summed E-state index contributed by atoms with van der Waals surface area (Å²) >= 11 is 0. The van der Waals surface area contributed by atoms with Gasteiger partial charge >= 0.3 is 12.1 Å². The minimum absolute atomic E-state index is 0.0334. The van der Waals surface area contributed by atoms with Crippen molar-refractivity contribution >= 4 is 23.7 Å². The molecule has 180 valence electrons. The van der Waals surface area contributed by atoms with Gasteiger partial charge in [0, 0.05) is 23.2 Å². The third kappa shape index (κ3) is 5.19. The SMILES string of the molecule is CCC(C)N(CC(=O)O)C(=O)c1ccc(NC(=O)OCC2c3ccccc3-c3ccccc32)cc1. The largest absolute Gasteiger partial charge is 0.480 e. The number of amides is 2. The van der Waals surface area contributed by atoms with Crippen molar-refractivity contribution in [1.29, 1.82) is 0 Å². The molecular formula is C28H28N2O5. The summed E-state index contributed by atoms with van der Waals surface area (Å²) in [5, 5.41) is 11.8. The zero-order valence-electron chi connectivity index (χ0n) is 19.7. The van der Waals surface area contributed by atoms with E-state index in [-0.39, 0.29) is 31.0 Å². The average Bonchev–Trinajstić information content (AvgIpc) is 3.19. The van der Waals surface area contributed by atoms with Crippen LogP contribution in [0, 0.1) is 0 Å². The third-order valence-corrected chi connectivity index (χ3v) is 6.41. The Morgan fingerprint density at radius 1 is 0.943 bits per heavy atom. The monoisotopic (exact) mass is 472 g/mol. The minimum atomic E-state index is -1.06. The molecule has 7 heteroatoms. The van der Waals surface area contributed by atoms with Gasteiger partial charge in [0.1, 0.15) is 13.2 Å². The number of benzene rings is 3. The van der Waals surface area contributed by atoms with Gasteiger partial charge in [0.05, 0.1) is 0 Å². The molecule has 2 N–H and O–H groups in total. The maximum Gasteiger partial charge on any atom is 0.411 e. The van der Waals surface area contributed by atoms with E-state index in [1.165, 1.54) is 4.90 Å². The van der Waals surface area contributed by atoms with Crippen LogP contribution < -0.4 is 5.32 Å². The second-order valence-corrected chi connectivity index (χ2v) is 8.61. The lowest BCUT2D eigenvalue weighted by Gasteiger charge is -2.27. The van der Waals surface area contributed by atoms with Crippen LogP contribution in [0.2, 0.25) is 0 Å². The number of nitrogens with one attached hydrogen (secondary N) is 1. The number of carbonyl (C=O) groups is 3. The Bertz CT molecular complexity index is 1190. The molecule has 1 atom stereocenters. The topological polar surface area (TPSA) is 95.9 Å². The highest BCUT2D eigenvalue weighted by Crippen LogP contribution is 2.44. The van der Waals surface area contributed by atoms with Gasteiger partial charge in [-0.2, -0.15) is 0 Å². The lowest BCUT2D eigenvalue weighted by Crippen LogP contribution is -2.41. The van der Waals surface area contributed by atoms with Crippen molar-refractivity contribution in [2.75, 3.05) is 18.5 Å². The van der Waals surface area contributed by atoms with E-state index in [0.717, 1.165) is 22.3 Å². The zero-order chi connectivity index (χ0) is 24.9. The van der Waals surface area contributed by atoms with Crippen molar-refractivity contribution in [2.45, 2.75) is 32.2 Å². The highest BCUT2D eigenvalue weighted by Gasteiger charge is 2.29. The molecule has 7 nitrogen and oxygen atoms in total. The Balaban J connectivity index is 1.39. The Hall–Kier alpha value is -4.13. The summed E-state index contributed by atoms with van der Waals surface area (Å²) in [4.78, 5) is 37.8. The lowest BCUT2D eigenvalue weighted by molar-refractivity contribution is -0.138. The van der Waals surface area contributed by atoms with Gasteiger partial charge < -0.3 is 14.7 Å². The third-order valence-electron chi connectivity index (χ3n) is 6.41. The van der Waals surface area contributed by atoms with E-state index >= 15 is 0 Å². The number of hydrogen-bond acceptors (Lipinski definition) is 4. The van der Waals surface area contributed by atoms with Crippen molar-refractivity contribution in [3.05, 3.63) is 89.5 Å². The number of aliphatic carboxylic acids is 1. The fourth-order valence-electron chi connectivity index (χ4n) is 4.41. The van der Waals surface area contributed by atoms with Crippen molar-refractivity contribution in [2.24, 2.45) is 0 Å². The number of rotatable bonds is 8. The van der Waals surface area contributed by atoms with Crippen LogP contribution in [0.3, 0.4) is 0 Å². The van der Waals surface area contributed by atoms with Gasteiger partial charge in [0.2, 0.25) is 0 Å². The van der Waals surface area contributed by atoms with Crippen molar-refractivity contribution in [3.8, 4) is 11.1 Å². The first-order valence-corrected chi connectivity index (χ1v) is 11.6. The van der Waals surface area contributed by atoms with Crippen LogP contribution in [0.25, 0.3) is 11.1 Å². The molecule has 4 rings (SSSR count). The average molecular weight is 473 g/mol. The van der Waals surface area contributed by atoms with E-state index in [2.05, 4.69) is 29.6 Å².